The van der Waals surface area contributed by atoms with Crippen LogP contribution in [0.4, 0.5) is 0 Å². The molecule has 1 aliphatic heterocycles. The minimum absolute atomic E-state index is 0.115. The van der Waals surface area contributed by atoms with Gasteiger partial charge in [0, 0.05) is 31.6 Å². The number of nitrogens with one attached hydrogen (secondary N) is 1. The van der Waals surface area contributed by atoms with Crippen LogP contribution in [0.5, 0.6) is 0 Å². The fourth-order valence-electron chi connectivity index (χ4n) is 3.48. The molecule has 1 aromatic heterocycles. The zero-order valence-corrected chi connectivity index (χ0v) is 16.6. The van der Waals surface area contributed by atoms with Crippen molar-refractivity contribution in [2.75, 3.05) is 26.7 Å². The minimum Gasteiger partial charge on any atom is -0.469 e. The van der Waals surface area contributed by atoms with E-state index in [1.165, 1.54) is 7.11 Å². The van der Waals surface area contributed by atoms with Crippen molar-refractivity contribution < 1.29 is 14.1 Å². The van der Waals surface area contributed by atoms with Crippen LogP contribution >= 0.6 is 0 Å². The van der Waals surface area contributed by atoms with E-state index in [0.717, 1.165) is 43.3 Å². The number of aliphatic imine (C=N–C) groups is 1. The van der Waals surface area contributed by atoms with Gasteiger partial charge in [0.25, 0.3) is 0 Å². The summed E-state index contributed by atoms with van der Waals surface area (Å²) in [4.78, 5) is 18.7. The third kappa shape index (κ3) is 4.77. The number of nitrogens with zero attached hydrogens (tertiary/aromatic N) is 3. The Balaban J connectivity index is 2.06. The summed E-state index contributed by atoms with van der Waals surface area (Å²) in [5, 5.41) is 7.51. The molecule has 0 amide bonds. The van der Waals surface area contributed by atoms with Gasteiger partial charge in [-0.2, -0.15) is 0 Å². The fourth-order valence-corrected chi connectivity index (χ4v) is 3.48. The molecule has 2 atom stereocenters. The van der Waals surface area contributed by atoms with Gasteiger partial charge in [0.2, 0.25) is 0 Å². The van der Waals surface area contributed by atoms with Gasteiger partial charge in [-0.05, 0) is 25.7 Å². The van der Waals surface area contributed by atoms with Gasteiger partial charge < -0.3 is 19.5 Å². The summed E-state index contributed by atoms with van der Waals surface area (Å²) in [6.45, 7) is 11.0. The molecule has 0 spiro atoms. The lowest BCUT2D eigenvalue weighted by Gasteiger charge is -2.21. The first-order valence-corrected chi connectivity index (χ1v) is 9.60. The minimum atomic E-state index is -0.152. The van der Waals surface area contributed by atoms with E-state index in [1.54, 1.807) is 0 Å². The molecular formula is C19H32N4O3. The molecule has 1 aromatic rings. The summed E-state index contributed by atoms with van der Waals surface area (Å²) < 4.78 is 10.4. The second-order valence-corrected chi connectivity index (χ2v) is 6.91. The molecule has 1 N–H and O–H groups in total. The first-order chi connectivity index (χ1) is 12.5. The molecule has 0 bridgehead atoms. The Morgan fingerprint density at radius 3 is 2.77 bits per heavy atom. The Bertz CT molecular complexity index is 610. The zero-order valence-electron chi connectivity index (χ0n) is 16.6. The summed E-state index contributed by atoms with van der Waals surface area (Å²) >= 11 is 0. The molecule has 2 rings (SSSR count). The van der Waals surface area contributed by atoms with Crippen LogP contribution in [-0.2, 0) is 16.1 Å². The first-order valence-electron chi connectivity index (χ1n) is 9.60. The number of rotatable bonds is 7. The number of likely N-dealkylation sites (tertiary alicyclic amines) is 1. The molecule has 1 fully saturated rings. The molecule has 1 aliphatic rings. The number of guanidine groups is 1. The number of esters is 1. The number of hydrogen-bond acceptors (Lipinski definition) is 5. The molecule has 0 aliphatic carbocycles. The van der Waals surface area contributed by atoms with E-state index >= 15 is 0 Å². The quantitative estimate of drug-likeness (QED) is 0.455. The van der Waals surface area contributed by atoms with Crippen molar-refractivity contribution in [2.45, 2.75) is 53.0 Å². The van der Waals surface area contributed by atoms with Crippen molar-refractivity contribution in [3.63, 3.8) is 0 Å². The highest BCUT2D eigenvalue weighted by Crippen LogP contribution is 2.25. The highest BCUT2D eigenvalue weighted by molar-refractivity contribution is 5.82. The van der Waals surface area contributed by atoms with Gasteiger partial charge in [-0.1, -0.05) is 25.9 Å². The van der Waals surface area contributed by atoms with Gasteiger partial charge >= 0.3 is 5.97 Å². The Morgan fingerprint density at radius 2 is 2.15 bits per heavy atom. The van der Waals surface area contributed by atoms with Crippen LogP contribution in [0.15, 0.2) is 15.6 Å². The molecule has 7 nitrogen and oxygen atoms in total. The monoisotopic (exact) mass is 364 g/mol. The molecular weight excluding hydrogens is 332 g/mol. The number of ether oxygens (including phenoxy) is 1. The molecule has 26 heavy (non-hydrogen) atoms. The SMILES string of the molecule is CCNC(=NCc1cc(C(CC)CC)no1)N1CC(C)C(C(=O)OC)C1. The molecule has 2 heterocycles. The van der Waals surface area contributed by atoms with Crippen molar-refractivity contribution >= 4 is 11.9 Å². The van der Waals surface area contributed by atoms with Gasteiger partial charge in [0.1, 0.15) is 6.54 Å². The molecule has 0 saturated carbocycles. The van der Waals surface area contributed by atoms with Gasteiger partial charge in [-0.3, -0.25) is 4.79 Å². The van der Waals surface area contributed by atoms with E-state index in [-0.39, 0.29) is 17.8 Å². The normalized spacial score (nSPS) is 20.7. The highest BCUT2D eigenvalue weighted by atomic mass is 16.5. The van der Waals surface area contributed by atoms with Crippen LogP contribution in [0, 0.1) is 11.8 Å². The van der Waals surface area contributed by atoms with Crippen LogP contribution in [0.25, 0.3) is 0 Å². The summed E-state index contributed by atoms with van der Waals surface area (Å²) in [5.41, 5.74) is 1.01. The van der Waals surface area contributed by atoms with E-state index in [4.69, 9.17) is 9.26 Å². The number of carbonyl (C=O) groups is 1. The molecule has 0 radical (unpaired) electrons. The van der Waals surface area contributed by atoms with E-state index in [2.05, 4.69) is 41.1 Å². The summed E-state index contributed by atoms with van der Waals surface area (Å²) in [6, 6.07) is 2.01. The second-order valence-electron chi connectivity index (χ2n) is 6.91. The standard InChI is InChI=1S/C19H32N4O3/c1-6-14(7-2)17-9-15(26-22-17)10-21-19(20-8-3)23-11-13(4)16(12-23)18(24)25-5/h9,13-14,16H,6-8,10-12H2,1-5H3,(H,20,21). The lowest BCUT2D eigenvalue weighted by atomic mass is 9.99. The van der Waals surface area contributed by atoms with E-state index in [1.807, 2.05) is 13.0 Å². The van der Waals surface area contributed by atoms with Crippen molar-refractivity contribution in [3.8, 4) is 0 Å². The summed E-state index contributed by atoms with van der Waals surface area (Å²) in [6.07, 6.45) is 2.10. The number of hydrogen-bond donors (Lipinski definition) is 1. The Kier molecular flexibility index (Phi) is 7.48. The Morgan fingerprint density at radius 1 is 1.42 bits per heavy atom. The topological polar surface area (TPSA) is 80.0 Å². The molecule has 1 saturated heterocycles. The fraction of sp³-hybridized carbons (Fsp3) is 0.737. The first kappa shape index (κ1) is 20.3. The zero-order chi connectivity index (χ0) is 19.1. The van der Waals surface area contributed by atoms with Crippen molar-refractivity contribution in [1.29, 1.82) is 0 Å². The Hall–Kier alpha value is -2.05. The van der Waals surface area contributed by atoms with Crippen LogP contribution < -0.4 is 5.32 Å². The van der Waals surface area contributed by atoms with Crippen molar-refractivity contribution in [3.05, 3.63) is 17.5 Å². The van der Waals surface area contributed by atoms with Crippen LogP contribution in [0.1, 0.15) is 57.9 Å². The van der Waals surface area contributed by atoms with Gasteiger partial charge in [-0.15, -0.1) is 0 Å². The van der Waals surface area contributed by atoms with E-state index in [9.17, 15) is 4.79 Å². The Labute approximate surface area is 156 Å². The average molecular weight is 364 g/mol. The maximum Gasteiger partial charge on any atom is 0.310 e. The third-order valence-electron chi connectivity index (χ3n) is 5.12. The summed E-state index contributed by atoms with van der Waals surface area (Å²) in [5.74, 6) is 1.96. The predicted octanol–water partition coefficient (Wildman–Crippen LogP) is 2.78. The average Bonchev–Trinajstić information content (AvgIpc) is 3.26. The van der Waals surface area contributed by atoms with Crippen molar-refractivity contribution in [1.82, 2.24) is 15.4 Å². The maximum absolute atomic E-state index is 11.9. The van der Waals surface area contributed by atoms with Crippen LogP contribution in [0.3, 0.4) is 0 Å². The van der Waals surface area contributed by atoms with Gasteiger partial charge in [0.15, 0.2) is 11.7 Å². The maximum atomic E-state index is 11.9. The molecule has 146 valence electrons. The smallest absolute Gasteiger partial charge is 0.310 e. The van der Waals surface area contributed by atoms with E-state index in [0.29, 0.717) is 19.0 Å². The van der Waals surface area contributed by atoms with Crippen molar-refractivity contribution in [2.24, 2.45) is 16.8 Å². The highest BCUT2D eigenvalue weighted by Gasteiger charge is 2.36. The lowest BCUT2D eigenvalue weighted by Crippen LogP contribution is -2.40. The largest absolute Gasteiger partial charge is 0.469 e. The third-order valence-corrected chi connectivity index (χ3v) is 5.12. The summed E-state index contributed by atoms with van der Waals surface area (Å²) in [7, 11) is 1.44. The number of carbonyl (C=O) groups excluding carboxylic acids is 1. The number of methoxy groups -OCH3 is 1. The van der Waals surface area contributed by atoms with Gasteiger partial charge in [0.05, 0.1) is 18.7 Å². The lowest BCUT2D eigenvalue weighted by molar-refractivity contribution is -0.145. The van der Waals surface area contributed by atoms with Gasteiger partial charge in [-0.25, -0.2) is 4.99 Å². The second kappa shape index (κ2) is 9.59. The number of aromatic nitrogens is 1. The van der Waals surface area contributed by atoms with Crippen LogP contribution in [-0.4, -0.2) is 48.7 Å². The van der Waals surface area contributed by atoms with Crippen LogP contribution in [0.2, 0.25) is 0 Å². The molecule has 2 unspecified atom stereocenters. The predicted molar refractivity (Wildman–Crippen MR) is 101 cm³/mol. The molecule has 7 heteroatoms. The molecule has 0 aromatic carbocycles. The van der Waals surface area contributed by atoms with E-state index < -0.39 is 0 Å².